The van der Waals surface area contributed by atoms with Crippen LogP contribution in [0, 0.1) is 0 Å². The van der Waals surface area contributed by atoms with Gasteiger partial charge in [-0.15, -0.1) is 11.3 Å². The fraction of sp³-hybridized carbons (Fsp3) is 0.167. The van der Waals surface area contributed by atoms with Gasteiger partial charge in [-0.1, -0.05) is 17.7 Å². The number of hydrogen-bond acceptors (Lipinski definition) is 3. The zero-order valence-electron chi connectivity index (χ0n) is 9.52. The van der Waals surface area contributed by atoms with E-state index in [1.807, 2.05) is 5.38 Å². The fourth-order valence-electron chi connectivity index (χ4n) is 1.41. The van der Waals surface area contributed by atoms with E-state index in [-0.39, 0.29) is 6.03 Å². The minimum atomic E-state index is -0.243. The van der Waals surface area contributed by atoms with E-state index in [0.29, 0.717) is 17.3 Å². The Bertz CT molecular complexity index is 516. The highest BCUT2D eigenvalue weighted by molar-refractivity contribution is 7.07. The largest absolute Gasteiger partial charge is 0.337 e. The Morgan fingerprint density at radius 3 is 3.06 bits per heavy atom. The fourth-order valence-corrected chi connectivity index (χ4v) is 2.19. The third-order valence-corrected chi connectivity index (χ3v) is 3.10. The van der Waals surface area contributed by atoms with Crippen LogP contribution in [0.3, 0.4) is 0 Å². The molecule has 2 rings (SSSR count). The first kappa shape index (κ1) is 12.9. The van der Waals surface area contributed by atoms with Crippen molar-refractivity contribution in [2.45, 2.75) is 6.42 Å². The summed E-state index contributed by atoms with van der Waals surface area (Å²) in [6, 6.07) is 6.78. The number of nitrogens with one attached hydrogen (secondary N) is 2. The van der Waals surface area contributed by atoms with Crippen molar-refractivity contribution in [3.8, 4) is 0 Å². The summed E-state index contributed by atoms with van der Waals surface area (Å²) in [7, 11) is 0. The zero-order valence-corrected chi connectivity index (χ0v) is 11.1. The van der Waals surface area contributed by atoms with E-state index in [9.17, 15) is 4.79 Å². The molecule has 0 aliphatic rings. The second-order valence-corrected chi connectivity index (χ2v) is 4.78. The van der Waals surface area contributed by atoms with Gasteiger partial charge in [0.2, 0.25) is 0 Å². The number of nitrogens with zero attached hydrogens (tertiary/aromatic N) is 1. The molecule has 4 nitrogen and oxygen atoms in total. The van der Waals surface area contributed by atoms with Crippen LogP contribution in [0.1, 0.15) is 5.69 Å². The molecule has 0 unspecified atom stereocenters. The highest BCUT2D eigenvalue weighted by Crippen LogP contribution is 2.14. The number of urea groups is 1. The van der Waals surface area contributed by atoms with Gasteiger partial charge in [0.1, 0.15) is 0 Å². The molecule has 0 fully saturated rings. The van der Waals surface area contributed by atoms with Gasteiger partial charge in [0.25, 0.3) is 0 Å². The maximum absolute atomic E-state index is 11.6. The van der Waals surface area contributed by atoms with E-state index in [1.54, 1.807) is 41.1 Å². The third-order valence-electron chi connectivity index (χ3n) is 2.23. The van der Waals surface area contributed by atoms with Crippen LogP contribution in [0.2, 0.25) is 5.02 Å². The predicted molar refractivity (Wildman–Crippen MR) is 74.3 cm³/mol. The van der Waals surface area contributed by atoms with Crippen molar-refractivity contribution in [1.29, 1.82) is 0 Å². The van der Waals surface area contributed by atoms with E-state index in [2.05, 4.69) is 15.6 Å². The van der Waals surface area contributed by atoms with Crippen LogP contribution in [-0.4, -0.2) is 17.6 Å². The topological polar surface area (TPSA) is 54.0 Å². The monoisotopic (exact) mass is 281 g/mol. The molecule has 18 heavy (non-hydrogen) atoms. The third kappa shape index (κ3) is 4.01. The molecule has 0 aliphatic heterocycles. The van der Waals surface area contributed by atoms with Crippen molar-refractivity contribution >= 4 is 34.7 Å². The molecule has 0 atom stereocenters. The average Bonchev–Trinajstić information content (AvgIpc) is 2.82. The Balaban J connectivity index is 1.75. The minimum Gasteiger partial charge on any atom is -0.337 e. The number of halogens is 1. The maximum atomic E-state index is 11.6. The van der Waals surface area contributed by atoms with Crippen LogP contribution in [0.5, 0.6) is 0 Å². The maximum Gasteiger partial charge on any atom is 0.319 e. The molecule has 2 aromatic rings. The minimum absolute atomic E-state index is 0.243. The second kappa shape index (κ2) is 6.37. The lowest BCUT2D eigenvalue weighted by Crippen LogP contribution is -2.30. The Kier molecular flexibility index (Phi) is 4.55. The molecule has 94 valence electrons. The summed E-state index contributed by atoms with van der Waals surface area (Å²) in [4.78, 5) is 15.7. The average molecular weight is 282 g/mol. The lowest BCUT2D eigenvalue weighted by atomic mass is 10.3. The smallest absolute Gasteiger partial charge is 0.319 e. The quantitative estimate of drug-likeness (QED) is 0.904. The molecule has 2 amide bonds. The first-order chi connectivity index (χ1) is 8.74. The molecule has 1 aromatic carbocycles. The number of thiazole rings is 1. The summed E-state index contributed by atoms with van der Waals surface area (Å²) in [6.07, 6.45) is 0.729. The molecule has 6 heteroatoms. The van der Waals surface area contributed by atoms with Crippen molar-refractivity contribution in [2.75, 3.05) is 11.9 Å². The first-order valence-corrected chi connectivity index (χ1v) is 6.73. The SMILES string of the molecule is O=C(NCCc1cscn1)Nc1cccc(Cl)c1. The van der Waals surface area contributed by atoms with Crippen LogP contribution in [0.15, 0.2) is 35.2 Å². The summed E-state index contributed by atoms with van der Waals surface area (Å²) in [5, 5.41) is 8.03. The highest BCUT2D eigenvalue weighted by atomic mass is 35.5. The molecule has 2 N–H and O–H groups in total. The second-order valence-electron chi connectivity index (χ2n) is 3.62. The van der Waals surface area contributed by atoms with E-state index >= 15 is 0 Å². The lowest BCUT2D eigenvalue weighted by molar-refractivity contribution is 0.252. The van der Waals surface area contributed by atoms with Gasteiger partial charge in [-0.2, -0.15) is 0 Å². The van der Waals surface area contributed by atoms with Gasteiger partial charge < -0.3 is 10.6 Å². The standard InChI is InChI=1S/C12H12ClN3OS/c13-9-2-1-3-10(6-9)16-12(17)14-5-4-11-7-18-8-15-11/h1-3,6-8H,4-5H2,(H2,14,16,17). The molecular formula is C12H12ClN3OS. The lowest BCUT2D eigenvalue weighted by Gasteiger charge is -2.07. The van der Waals surface area contributed by atoms with Gasteiger partial charge in [-0.05, 0) is 18.2 Å². The highest BCUT2D eigenvalue weighted by Gasteiger charge is 2.02. The van der Waals surface area contributed by atoms with Gasteiger partial charge in [0, 0.05) is 29.1 Å². The van der Waals surface area contributed by atoms with Crippen LogP contribution in [-0.2, 0) is 6.42 Å². The van der Waals surface area contributed by atoms with E-state index in [1.165, 1.54) is 0 Å². The number of rotatable bonds is 4. The number of anilines is 1. The number of carbonyl (C=O) groups is 1. The van der Waals surface area contributed by atoms with Crippen LogP contribution < -0.4 is 10.6 Å². The van der Waals surface area contributed by atoms with Crippen LogP contribution in [0.4, 0.5) is 10.5 Å². The normalized spacial score (nSPS) is 10.1. The summed E-state index contributed by atoms with van der Waals surface area (Å²) in [6.45, 7) is 0.552. The van der Waals surface area contributed by atoms with E-state index in [0.717, 1.165) is 12.1 Å². The Hall–Kier alpha value is -1.59. The number of hydrogen-bond donors (Lipinski definition) is 2. The van der Waals surface area contributed by atoms with Crippen molar-refractivity contribution in [2.24, 2.45) is 0 Å². The summed E-state index contributed by atoms with van der Waals surface area (Å²) in [5.41, 5.74) is 3.44. The first-order valence-electron chi connectivity index (χ1n) is 5.41. The molecule has 1 heterocycles. The summed E-state index contributed by atoms with van der Waals surface area (Å²) >= 11 is 7.37. The Morgan fingerprint density at radius 1 is 1.44 bits per heavy atom. The van der Waals surface area contributed by atoms with Crippen molar-refractivity contribution in [3.63, 3.8) is 0 Å². The van der Waals surface area contributed by atoms with Crippen molar-refractivity contribution in [3.05, 3.63) is 45.9 Å². The summed E-state index contributed by atoms with van der Waals surface area (Å²) < 4.78 is 0. The molecule has 0 saturated carbocycles. The molecule has 0 radical (unpaired) electrons. The van der Waals surface area contributed by atoms with E-state index < -0.39 is 0 Å². The van der Waals surface area contributed by atoms with Gasteiger partial charge in [-0.25, -0.2) is 9.78 Å². The molecule has 0 bridgehead atoms. The van der Waals surface area contributed by atoms with Crippen LogP contribution in [0.25, 0.3) is 0 Å². The molecular weight excluding hydrogens is 270 g/mol. The number of aromatic nitrogens is 1. The van der Waals surface area contributed by atoms with Gasteiger partial charge in [-0.3, -0.25) is 0 Å². The van der Waals surface area contributed by atoms with Gasteiger partial charge in [0.05, 0.1) is 11.2 Å². The molecule has 0 aliphatic carbocycles. The summed E-state index contributed by atoms with van der Waals surface area (Å²) in [5.74, 6) is 0. The molecule has 0 spiro atoms. The van der Waals surface area contributed by atoms with Crippen molar-refractivity contribution in [1.82, 2.24) is 10.3 Å². The predicted octanol–water partition coefficient (Wildman–Crippen LogP) is 3.16. The van der Waals surface area contributed by atoms with Crippen LogP contribution >= 0.6 is 22.9 Å². The number of amides is 2. The number of carbonyl (C=O) groups excluding carboxylic acids is 1. The zero-order chi connectivity index (χ0) is 12.8. The number of benzene rings is 1. The Labute approximate surface area is 114 Å². The Morgan fingerprint density at radius 2 is 2.33 bits per heavy atom. The van der Waals surface area contributed by atoms with E-state index in [4.69, 9.17) is 11.6 Å². The van der Waals surface area contributed by atoms with Gasteiger partial charge >= 0.3 is 6.03 Å². The van der Waals surface area contributed by atoms with Crippen molar-refractivity contribution < 1.29 is 4.79 Å². The molecule has 0 saturated heterocycles. The molecule has 1 aromatic heterocycles. The van der Waals surface area contributed by atoms with Gasteiger partial charge in [0.15, 0.2) is 0 Å².